The van der Waals surface area contributed by atoms with E-state index in [-0.39, 0.29) is 25.0 Å². The predicted molar refractivity (Wildman–Crippen MR) is 77.0 cm³/mol. The molecule has 2 aliphatic rings. The van der Waals surface area contributed by atoms with Crippen LogP contribution in [0.5, 0.6) is 0 Å². The van der Waals surface area contributed by atoms with Crippen LogP contribution in [-0.2, 0) is 14.8 Å². The van der Waals surface area contributed by atoms with Crippen LogP contribution < -0.4 is 5.32 Å². The van der Waals surface area contributed by atoms with Gasteiger partial charge in [-0.05, 0) is 45.2 Å². The number of morpholine rings is 1. The predicted octanol–water partition coefficient (Wildman–Crippen LogP) is -0.212. The van der Waals surface area contributed by atoms with E-state index in [0.717, 1.165) is 32.4 Å². The molecule has 0 aromatic carbocycles. The Kier molecular flexibility index (Phi) is 5.80. The average Bonchev–Trinajstić information content (AvgIpc) is 2.45. The normalized spacial score (nSPS) is 30.5. The Morgan fingerprint density at radius 3 is 2.65 bits per heavy atom. The lowest BCUT2D eigenvalue weighted by Crippen LogP contribution is -2.51. The van der Waals surface area contributed by atoms with Crippen molar-refractivity contribution in [2.45, 2.75) is 38.4 Å². The number of rotatable bonds is 5. The van der Waals surface area contributed by atoms with Gasteiger partial charge in [0.05, 0.1) is 24.6 Å². The first-order valence-electron chi connectivity index (χ1n) is 7.46. The van der Waals surface area contributed by atoms with Crippen molar-refractivity contribution in [3.05, 3.63) is 0 Å². The van der Waals surface area contributed by atoms with Gasteiger partial charge in [-0.2, -0.15) is 4.31 Å². The highest BCUT2D eigenvalue weighted by Gasteiger charge is 2.32. The Hall–Kier alpha value is -0.210. The van der Waals surface area contributed by atoms with Crippen LogP contribution in [0.4, 0.5) is 0 Å². The molecule has 0 bridgehead atoms. The van der Waals surface area contributed by atoms with Gasteiger partial charge in [-0.25, -0.2) is 8.42 Å². The van der Waals surface area contributed by atoms with Crippen molar-refractivity contribution in [1.29, 1.82) is 0 Å². The van der Waals surface area contributed by atoms with Crippen LogP contribution in [0.1, 0.15) is 26.2 Å². The topological polar surface area (TPSA) is 78.9 Å². The summed E-state index contributed by atoms with van der Waals surface area (Å²) in [5, 5.41) is 12.5. The molecule has 20 heavy (non-hydrogen) atoms. The van der Waals surface area contributed by atoms with Crippen LogP contribution in [0.2, 0.25) is 0 Å². The van der Waals surface area contributed by atoms with Gasteiger partial charge >= 0.3 is 0 Å². The fourth-order valence-corrected chi connectivity index (χ4v) is 4.67. The van der Waals surface area contributed by atoms with Gasteiger partial charge < -0.3 is 15.2 Å². The van der Waals surface area contributed by atoms with E-state index in [4.69, 9.17) is 4.74 Å². The number of ether oxygens (including phenoxy) is 1. The van der Waals surface area contributed by atoms with Crippen LogP contribution in [-0.4, -0.2) is 68.6 Å². The Balaban J connectivity index is 1.88. The number of aliphatic hydroxyl groups excluding tert-OH is 1. The fraction of sp³-hybridized carbons (Fsp3) is 1.00. The maximum Gasteiger partial charge on any atom is 0.214 e. The molecule has 2 saturated heterocycles. The highest BCUT2D eigenvalue weighted by molar-refractivity contribution is 7.89. The monoisotopic (exact) mass is 306 g/mol. The summed E-state index contributed by atoms with van der Waals surface area (Å²) in [6.45, 7) is 4.36. The van der Waals surface area contributed by atoms with Gasteiger partial charge in [0.25, 0.3) is 0 Å². The van der Waals surface area contributed by atoms with E-state index < -0.39 is 16.1 Å². The molecule has 2 aliphatic heterocycles. The minimum absolute atomic E-state index is 0.134. The molecule has 0 radical (unpaired) electrons. The van der Waals surface area contributed by atoms with E-state index in [0.29, 0.717) is 12.5 Å². The molecule has 2 fully saturated rings. The van der Waals surface area contributed by atoms with Crippen LogP contribution in [0.15, 0.2) is 0 Å². The highest BCUT2D eigenvalue weighted by Crippen LogP contribution is 2.20. The third kappa shape index (κ3) is 4.39. The highest BCUT2D eigenvalue weighted by atomic mass is 32.2. The lowest BCUT2D eigenvalue weighted by atomic mass is 9.96. The van der Waals surface area contributed by atoms with E-state index in [1.165, 1.54) is 4.31 Å². The molecule has 0 aromatic rings. The molecule has 0 saturated carbocycles. The number of nitrogens with zero attached hydrogens (tertiary/aromatic N) is 1. The minimum atomic E-state index is -3.24. The Morgan fingerprint density at radius 1 is 1.30 bits per heavy atom. The van der Waals surface area contributed by atoms with Crippen LogP contribution in [0.3, 0.4) is 0 Å². The average molecular weight is 306 g/mol. The first-order valence-corrected chi connectivity index (χ1v) is 9.07. The zero-order chi connectivity index (χ0) is 14.6. The molecular formula is C13H26N2O4S. The molecule has 0 aliphatic carbocycles. The fourth-order valence-electron chi connectivity index (χ4n) is 2.95. The smallest absolute Gasteiger partial charge is 0.214 e. The lowest BCUT2D eigenvalue weighted by Gasteiger charge is -2.35. The van der Waals surface area contributed by atoms with E-state index in [1.54, 1.807) is 0 Å². The lowest BCUT2D eigenvalue weighted by molar-refractivity contribution is -0.0750. The van der Waals surface area contributed by atoms with Crippen molar-refractivity contribution in [3.8, 4) is 0 Å². The summed E-state index contributed by atoms with van der Waals surface area (Å²) in [6, 6.07) is 0. The third-order valence-corrected chi connectivity index (χ3v) is 5.97. The molecule has 0 amide bonds. The summed E-state index contributed by atoms with van der Waals surface area (Å²) in [6.07, 6.45) is 2.31. The second kappa shape index (κ2) is 7.17. The van der Waals surface area contributed by atoms with Crippen molar-refractivity contribution < 1.29 is 18.3 Å². The summed E-state index contributed by atoms with van der Waals surface area (Å²) < 4.78 is 31.8. The number of aliphatic hydroxyl groups is 1. The number of hydrogen-bond acceptors (Lipinski definition) is 5. The van der Waals surface area contributed by atoms with Gasteiger partial charge in [-0.1, -0.05) is 0 Å². The van der Waals surface area contributed by atoms with Gasteiger partial charge in [0.2, 0.25) is 10.0 Å². The van der Waals surface area contributed by atoms with Crippen molar-refractivity contribution in [2.24, 2.45) is 5.92 Å². The Labute approximate surface area is 121 Å². The van der Waals surface area contributed by atoms with E-state index in [2.05, 4.69) is 5.32 Å². The second-order valence-electron chi connectivity index (χ2n) is 5.87. The summed E-state index contributed by atoms with van der Waals surface area (Å²) >= 11 is 0. The molecule has 0 spiro atoms. The molecular weight excluding hydrogens is 280 g/mol. The Bertz CT molecular complexity index is 395. The van der Waals surface area contributed by atoms with Crippen molar-refractivity contribution in [1.82, 2.24) is 9.62 Å². The molecule has 2 N–H and O–H groups in total. The largest absolute Gasteiger partial charge is 0.394 e. The molecule has 6 nitrogen and oxygen atoms in total. The van der Waals surface area contributed by atoms with Gasteiger partial charge in [-0.3, -0.25) is 0 Å². The Morgan fingerprint density at radius 2 is 2.00 bits per heavy atom. The van der Waals surface area contributed by atoms with Gasteiger partial charge in [-0.15, -0.1) is 0 Å². The minimum Gasteiger partial charge on any atom is -0.394 e. The number of sulfonamides is 1. The molecule has 118 valence electrons. The van der Waals surface area contributed by atoms with E-state index in [1.807, 2.05) is 6.92 Å². The van der Waals surface area contributed by atoms with Crippen LogP contribution >= 0.6 is 0 Å². The molecule has 2 heterocycles. The maximum absolute atomic E-state index is 12.4. The molecule has 2 unspecified atom stereocenters. The second-order valence-corrected chi connectivity index (χ2v) is 7.95. The zero-order valence-electron chi connectivity index (χ0n) is 12.1. The van der Waals surface area contributed by atoms with Crippen molar-refractivity contribution in [3.63, 3.8) is 0 Å². The number of nitrogens with one attached hydrogen (secondary N) is 1. The summed E-state index contributed by atoms with van der Waals surface area (Å²) in [5.74, 6) is 0.723. The van der Waals surface area contributed by atoms with Crippen LogP contribution in [0, 0.1) is 5.92 Å². The maximum atomic E-state index is 12.4. The van der Waals surface area contributed by atoms with Gasteiger partial charge in [0.15, 0.2) is 0 Å². The first kappa shape index (κ1) is 16.2. The van der Waals surface area contributed by atoms with Crippen molar-refractivity contribution >= 4 is 10.0 Å². The summed E-state index contributed by atoms with van der Waals surface area (Å²) in [7, 11) is -3.24. The number of piperidine rings is 1. The molecule has 7 heteroatoms. The standard InChI is InChI=1S/C13H26N2O4S/c1-11-8-15(9-13(10-16)19-11)20(17,18)7-4-12-2-5-14-6-3-12/h11-14,16H,2-10H2,1H3. The molecule has 0 aromatic heterocycles. The summed E-state index contributed by atoms with van der Waals surface area (Å²) in [5.41, 5.74) is 0. The SMILES string of the molecule is CC1CN(S(=O)(=O)CCC2CCNCC2)CC(CO)O1. The third-order valence-electron chi connectivity index (χ3n) is 4.13. The number of hydrogen-bond donors (Lipinski definition) is 2. The van der Waals surface area contributed by atoms with Gasteiger partial charge in [0, 0.05) is 13.1 Å². The van der Waals surface area contributed by atoms with Gasteiger partial charge in [0.1, 0.15) is 0 Å². The first-order chi connectivity index (χ1) is 9.51. The van der Waals surface area contributed by atoms with E-state index >= 15 is 0 Å². The summed E-state index contributed by atoms with van der Waals surface area (Å²) in [4.78, 5) is 0. The van der Waals surface area contributed by atoms with Crippen molar-refractivity contribution in [2.75, 3.05) is 38.5 Å². The molecule has 2 atom stereocenters. The zero-order valence-corrected chi connectivity index (χ0v) is 12.9. The molecule has 2 rings (SSSR count). The van der Waals surface area contributed by atoms with Crippen LogP contribution in [0.25, 0.3) is 0 Å². The van der Waals surface area contributed by atoms with E-state index in [9.17, 15) is 13.5 Å². The quantitative estimate of drug-likeness (QED) is 0.735.